The molecule has 0 aromatic rings. The number of likely N-dealkylation sites (N-methyl/N-ethyl adjacent to an activating group) is 1. The van der Waals surface area contributed by atoms with E-state index >= 15 is 0 Å². The zero-order chi connectivity index (χ0) is 19.2. The molecule has 0 fully saturated rings. The standard InChI is InChI=1S/C16H31N3O5/c1-9(2)8-10(11(20)14(22)18-24)13(21)17-12(16(3,4)5)15(23)19(6)7/h9-12,20,24H,8H2,1-7H3,(H,17,21)(H,18,22)/t10-,11+,12?/m1/s1. The lowest BCUT2D eigenvalue weighted by atomic mass is 9.84. The van der Waals surface area contributed by atoms with Gasteiger partial charge in [0.2, 0.25) is 11.8 Å². The van der Waals surface area contributed by atoms with Crippen LogP contribution in [0.3, 0.4) is 0 Å². The molecule has 1 unspecified atom stereocenters. The van der Waals surface area contributed by atoms with Crippen LogP contribution in [0.5, 0.6) is 0 Å². The second-order valence-electron chi connectivity index (χ2n) is 7.70. The molecule has 8 heteroatoms. The van der Waals surface area contributed by atoms with Gasteiger partial charge >= 0.3 is 0 Å². The van der Waals surface area contributed by atoms with E-state index in [0.717, 1.165) is 0 Å². The minimum Gasteiger partial charge on any atom is -0.382 e. The Morgan fingerprint density at radius 3 is 1.92 bits per heavy atom. The van der Waals surface area contributed by atoms with Crippen LogP contribution in [0.25, 0.3) is 0 Å². The average Bonchev–Trinajstić information content (AvgIpc) is 2.46. The van der Waals surface area contributed by atoms with Gasteiger partial charge in [0.25, 0.3) is 5.91 Å². The Balaban J connectivity index is 5.46. The van der Waals surface area contributed by atoms with Gasteiger partial charge in [-0.05, 0) is 17.8 Å². The fraction of sp³-hybridized carbons (Fsp3) is 0.812. The number of amides is 3. The summed E-state index contributed by atoms with van der Waals surface area (Å²) in [4.78, 5) is 37.9. The van der Waals surface area contributed by atoms with Crippen LogP contribution in [-0.2, 0) is 14.4 Å². The van der Waals surface area contributed by atoms with Gasteiger partial charge in [0.1, 0.15) is 12.1 Å². The Hall–Kier alpha value is -1.67. The van der Waals surface area contributed by atoms with Crippen LogP contribution in [0.2, 0.25) is 0 Å². The lowest BCUT2D eigenvalue weighted by Crippen LogP contribution is -2.56. The van der Waals surface area contributed by atoms with E-state index in [1.165, 1.54) is 10.4 Å². The molecule has 24 heavy (non-hydrogen) atoms. The lowest BCUT2D eigenvalue weighted by molar-refractivity contribution is -0.148. The van der Waals surface area contributed by atoms with Gasteiger partial charge in [-0.3, -0.25) is 19.6 Å². The zero-order valence-corrected chi connectivity index (χ0v) is 15.6. The molecule has 0 heterocycles. The maximum absolute atomic E-state index is 12.6. The predicted molar refractivity (Wildman–Crippen MR) is 89.0 cm³/mol. The summed E-state index contributed by atoms with van der Waals surface area (Å²) >= 11 is 0. The molecular formula is C16H31N3O5. The van der Waals surface area contributed by atoms with E-state index in [0.29, 0.717) is 0 Å². The molecule has 4 N–H and O–H groups in total. The molecule has 0 bridgehead atoms. The molecule has 3 atom stereocenters. The number of nitrogens with one attached hydrogen (secondary N) is 2. The van der Waals surface area contributed by atoms with Gasteiger partial charge in [-0.2, -0.15) is 0 Å². The van der Waals surface area contributed by atoms with E-state index in [9.17, 15) is 19.5 Å². The number of hydroxylamine groups is 1. The van der Waals surface area contributed by atoms with Gasteiger partial charge in [-0.25, -0.2) is 5.48 Å². The summed E-state index contributed by atoms with van der Waals surface area (Å²) in [6.07, 6.45) is -1.47. The topological polar surface area (TPSA) is 119 Å². The molecule has 3 amide bonds. The molecule has 0 radical (unpaired) electrons. The van der Waals surface area contributed by atoms with Crippen molar-refractivity contribution < 1.29 is 24.7 Å². The molecule has 0 aromatic heterocycles. The molecule has 0 aliphatic rings. The monoisotopic (exact) mass is 345 g/mol. The van der Waals surface area contributed by atoms with Crippen molar-refractivity contribution in [2.75, 3.05) is 14.1 Å². The molecule has 140 valence electrons. The highest BCUT2D eigenvalue weighted by atomic mass is 16.5. The molecular weight excluding hydrogens is 314 g/mol. The smallest absolute Gasteiger partial charge is 0.272 e. The van der Waals surface area contributed by atoms with E-state index < -0.39 is 35.3 Å². The summed E-state index contributed by atoms with van der Waals surface area (Å²) in [7, 11) is 3.18. The van der Waals surface area contributed by atoms with Gasteiger partial charge in [0.05, 0.1) is 5.92 Å². The van der Waals surface area contributed by atoms with Gasteiger partial charge in [0, 0.05) is 14.1 Å². The third-order valence-corrected chi connectivity index (χ3v) is 3.66. The second kappa shape index (κ2) is 8.98. The van der Waals surface area contributed by atoms with E-state index in [1.807, 2.05) is 34.6 Å². The highest BCUT2D eigenvalue weighted by molar-refractivity contribution is 5.92. The largest absolute Gasteiger partial charge is 0.382 e. The van der Waals surface area contributed by atoms with E-state index in [1.54, 1.807) is 14.1 Å². The predicted octanol–water partition coefficient (Wildman–Crippen LogP) is 0.134. The van der Waals surface area contributed by atoms with Crippen LogP contribution < -0.4 is 10.8 Å². The highest BCUT2D eigenvalue weighted by Gasteiger charge is 2.38. The summed E-state index contributed by atoms with van der Waals surface area (Å²) in [5.41, 5.74) is 0.802. The van der Waals surface area contributed by atoms with E-state index in [4.69, 9.17) is 5.21 Å². The number of carbonyl (C=O) groups excluding carboxylic acids is 3. The third kappa shape index (κ3) is 6.45. The first-order chi connectivity index (χ1) is 10.8. The highest BCUT2D eigenvalue weighted by Crippen LogP contribution is 2.23. The van der Waals surface area contributed by atoms with Crippen LogP contribution >= 0.6 is 0 Å². The van der Waals surface area contributed by atoms with E-state index in [-0.39, 0.29) is 18.2 Å². The van der Waals surface area contributed by atoms with Crippen molar-refractivity contribution >= 4 is 17.7 Å². The normalized spacial score (nSPS) is 15.4. The van der Waals surface area contributed by atoms with Crippen molar-refractivity contribution in [2.24, 2.45) is 17.3 Å². The number of aliphatic hydroxyl groups excluding tert-OH is 1. The minimum absolute atomic E-state index is 0.0273. The van der Waals surface area contributed by atoms with Crippen molar-refractivity contribution in [3.63, 3.8) is 0 Å². The minimum atomic E-state index is -1.70. The molecule has 0 saturated heterocycles. The first-order valence-corrected chi connectivity index (χ1v) is 7.96. The van der Waals surface area contributed by atoms with Crippen LogP contribution in [0.15, 0.2) is 0 Å². The Labute approximate surface area is 143 Å². The number of hydrogen-bond donors (Lipinski definition) is 4. The summed E-state index contributed by atoms with van der Waals surface area (Å²) in [6, 6.07) is -0.806. The Kier molecular flexibility index (Phi) is 8.36. The van der Waals surface area contributed by atoms with Gasteiger partial charge in [0.15, 0.2) is 0 Å². The number of aliphatic hydroxyl groups is 1. The quantitative estimate of drug-likeness (QED) is 0.386. The Morgan fingerprint density at radius 2 is 1.58 bits per heavy atom. The summed E-state index contributed by atoms with van der Waals surface area (Å²) in [6.45, 7) is 9.13. The summed E-state index contributed by atoms with van der Waals surface area (Å²) in [5.74, 6) is -2.98. The number of carbonyl (C=O) groups is 3. The van der Waals surface area contributed by atoms with Crippen LogP contribution in [0, 0.1) is 17.3 Å². The summed E-state index contributed by atoms with van der Waals surface area (Å²) in [5, 5.41) is 21.4. The second-order valence-corrected chi connectivity index (χ2v) is 7.70. The van der Waals surface area contributed by atoms with Crippen molar-refractivity contribution in [1.29, 1.82) is 0 Å². The maximum atomic E-state index is 12.6. The molecule has 0 aliphatic carbocycles. The van der Waals surface area contributed by atoms with Crippen LogP contribution in [-0.4, -0.2) is 59.2 Å². The fourth-order valence-corrected chi connectivity index (χ4v) is 2.29. The molecule has 0 aliphatic heterocycles. The van der Waals surface area contributed by atoms with Crippen molar-refractivity contribution in [3.05, 3.63) is 0 Å². The van der Waals surface area contributed by atoms with Gasteiger partial charge < -0.3 is 15.3 Å². The molecule has 0 saturated carbocycles. The number of hydrogen-bond acceptors (Lipinski definition) is 5. The van der Waals surface area contributed by atoms with Gasteiger partial charge in [-0.15, -0.1) is 0 Å². The number of rotatable bonds is 7. The van der Waals surface area contributed by atoms with E-state index in [2.05, 4.69) is 5.32 Å². The van der Waals surface area contributed by atoms with Crippen molar-refractivity contribution in [3.8, 4) is 0 Å². The summed E-state index contributed by atoms with van der Waals surface area (Å²) < 4.78 is 0. The Bertz CT molecular complexity index is 457. The zero-order valence-electron chi connectivity index (χ0n) is 15.6. The first-order valence-electron chi connectivity index (χ1n) is 7.96. The average molecular weight is 345 g/mol. The van der Waals surface area contributed by atoms with Crippen molar-refractivity contribution in [2.45, 2.75) is 53.2 Å². The van der Waals surface area contributed by atoms with Crippen molar-refractivity contribution in [1.82, 2.24) is 15.7 Å². The van der Waals surface area contributed by atoms with Crippen LogP contribution in [0.1, 0.15) is 41.0 Å². The molecule has 0 rings (SSSR count). The first kappa shape index (κ1) is 22.3. The molecule has 8 nitrogen and oxygen atoms in total. The van der Waals surface area contributed by atoms with Gasteiger partial charge in [-0.1, -0.05) is 34.6 Å². The van der Waals surface area contributed by atoms with Crippen LogP contribution in [0.4, 0.5) is 0 Å². The SMILES string of the molecule is CC(C)C[C@@H](C(=O)NC(C(=O)N(C)C)C(C)(C)C)[C@H](O)C(=O)NO. The Morgan fingerprint density at radius 1 is 1.08 bits per heavy atom. The molecule has 0 aromatic carbocycles. The lowest BCUT2D eigenvalue weighted by Gasteiger charge is -2.34. The third-order valence-electron chi connectivity index (χ3n) is 3.66. The number of nitrogens with zero attached hydrogens (tertiary/aromatic N) is 1. The maximum Gasteiger partial charge on any atom is 0.272 e. The molecule has 0 spiro atoms. The fourth-order valence-electron chi connectivity index (χ4n) is 2.29.